The molecule has 3 N–H and O–H groups in total. The van der Waals surface area contributed by atoms with E-state index in [9.17, 15) is 14.4 Å². The van der Waals surface area contributed by atoms with Gasteiger partial charge in [-0.2, -0.15) is 0 Å². The molecule has 0 spiro atoms. The first-order valence-electron chi connectivity index (χ1n) is 5.48. The minimum Gasteiger partial charge on any atom is -0.358 e. The molecule has 0 aliphatic heterocycles. The van der Waals surface area contributed by atoms with Crippen molar-refractivity contribution in [3.63, 3.8) is 0 Å². The molecule has 0 aromatic carbocycles. The maximum atomic E-state index is 11.4. The molecule has 0 heterocycles. The van der Waals surface area contributed by atoms with Crippen molar-refractivity contribution in [2.75, 3.05) is 20.1 Å². The summed E-state index contributed by atoms with van der Waals surface area (Å²) in [5.74, 6) is -0.831. The van der Waals surface area contributed by atoms with Crippen molar-refractivity contribution >= 4 is 17.7 Å². The van der Waals surface area contributed by atoms with E-state index in [1.807, 2.05) is 20.8 Å². The molecule has 0 saturated heterocycles. The first kappa shape index (κ1) is 15.4. The fraction of sp³-hybridized carbons (Fsp3) is 0.727. The minimum atomic E-state index is -0.379. The predicted molar refractivity (Wildman–Crippen MR) is 64.2 cm³/mol. The normalized spacial score (nSPS) is 10.6. The predicted octanol–water partition coefficient (Wildman–Crippen LogP) is -0.599. The van der Waals surface area contributed by atoms with Crippen LogP contribution in [-0.4, -0.2) is 37.9 Å². The first-order valence-corrected chi connectivity index (χ1v) is 5.48. The molecular weight excluding hydrogens is 222 g/mol. The second-order valence-corrected chi connectivity index (χ2v) is 4.96. The van der Waals surface area contributed by atoms with Gasteiger partial charge in [-0.05, 0) is 5.41 Å². The Morgan fingerprint density at radius 2 is 1.35 bits per heavy atom. The number of hydrogen-bond donors (Lipinski definition) is 3. The van der Waals surface area contributed by atoms with Crippen molar-refractivity contribution in [1.82, 2.24) is 16.0 Å². The number of carbonyl (C=O) groups excluding carboxylic acids is 3. The Balaban J connectivity index is 3.77. The Bertz CT molecular complexity index is 295. The van der Waals surface area contributed by atoms with Gasteiger partial charge < -0.3 is 16.0 Å². The number of likely N-dealkylation sites (N-methyl/N-ethyl adjacent to an activating group) is 1. The van der Waals surface area contributed by atoms with Crippen LogP contribution in [0.1, 0.15) is 27.2 Å². The number of carbonyl (C=O) groups is 3. The van der Waals surface area contributed by atoms with Crippen LogP contribution in [-0.2, 0) is 14.4 Å². The van der Waals surface area contributed by atoms with Gasteiger partial charge in [0.05, 0.1) is 13.1 Å². The van der Waals surface area contributed by atoms with Crippen LogP contribution in [0.3, 0.4) is 0 Å². The standard InChI is InChI=1S/C11H21N3O3/c1-11(2,3)5-8(15)13-7-10(17)14-6-9(16)12-4/h5-7H2,1-4H3,(H,12,16)(H,13,15)(H,14,17). The lowest BCUT2D eigenvalue weighted by atomic mass is 9.92. The molecule has 6 heteroatoms. The zero-order valence-electron chi connectivity index (χ0n) is 10.8. The smallest absolute Gasteiger partial charge is 0.239 e. The molecule has 0 fully saturated rings. The van der Waals surface area contributed by atoms with Gasteiger partial charge in [-0.15, -0.1) is 0 Å². The zero-order chi connectivity index (χ0) is 13.5. The lowest BCUT2D eigenvalue weighted by molar-refractivity contribution is -0.128. The van der Waals surface area contributed by atoms with E-state index in [4.69, 9.17) is 0 Å². The fourth-order valence-corrected chi connectivity index (χ4v) is 1.05. The average Bonchev–Trinajstić information content (AvgIpc) is 2.20. The molecule has 0 radical (unpaired) electrons. The van der Waals surface area contributed by atoms with Gasteiger partial charge in [0, 0.05) is 13.5 Å². The highest BCUT2D eigenvalue weighted by Crippen LogP contribution is 2.17. The maximum Gasteiger partial charge on any atom is 0.239 e. The van der Waals surface area contributed by atoms with Gasteiger partial charge in [0.25, 0.3) is 0 Å². The van der Waals surface area contributed by atoms with Crippen LogP contribution in [0.2, 0.25) is 0 Å². The molecule has 3 amide bonds. The largest absolute Gasteiger partial charge is 0.358 e. The Kier molecular flexibility index (Phi) is 6.23. The minimum absolute atomic E-state index is 0.0789. The Labute approximate surface area is 102 Å². The molecule has 0 aliphatic carbocycles. The lowest BCUT2D eigenvalue weighted by Crippen LogP contribution is -2.41. The Hall–Kier alpha value is -1.59. The average molecular weight is 243 g/mol. The van der Waals surface area contributed by atoms with E-state index in [-0.39, 0.29) is 36.2 Å². The van der Waals surface area contributed by atoms with Crippen molar-refractivity contribution in [1.29, 1.82) is 0 Å². The number of amides is 3. The monoisotopic (exact) mass is 243 g/mol. The van der Waals surface area contributed by atoms with Crippen LogP contribution < -0.4 is 16.0 Å². The summed E-state index contributed by atoms with van der Waals surface area (Å²) in [5.41, 5.74) is -0.108. The summed E-state index contributed by atoms with van der Waals surface area (Å²) in [6.45, 7) is 5.64. The summed E-state index contributed by atoms with van der Waals surface area (Å²) in [7, 11) is 1.49. The summed E-state index contributed by atoms with van der Waals surface area (Å²) < 4.78 is 0. The SMILES string of the molecule is CNC(=O)CNC(=O)CNC(=O)CC(C)(C)C. The molecule has 0 rings (SSSR count). The van der Waals surface area contributed by atoms with Gasteiger partial charge in [-0.25, -0.2) is 0 Å². The van der Waals surface area contributed by atoms with E-state index >= 15 is 0 Å². The highest BCUT2D eigenvalue weighted by atomic mass is 16.2. The van der Waals surface area contributed by atoms with Crippen LogP contribution in [0.4, 0.5) is 0 Å². The van der Waals surface area contributed by atoms with E-state index in [1.54, 1.807) is 0 Å². The first-order chi connectivity index (χ1) is 7.74. The molecule has 0 aliphatic rings. The molecule has 17 heavy (non-hydrogen) atoms. The third kappa shape index (κ3) is 9.35. The Morgan fingerprint density at radius 1 is 0.882 bits per heavy atom. The zero-order valence-corrected chi connectivity index (χ0v) is 10.8. The van der Waals surface area contributed by atoms with Gasteiger partial charge >= 0.3 is 0 Å². The van der Waals surface area contributed by atoms with Crippen LogP contribution in [0.15, 0.2) is 0 Å². The number of nitrogens with one attached hydrogen (secondary N) is 3. The third-order valence-electron chi connectivity index (χ3n) is 1.86. The van der Waals surface area contributed by atoms with E-state index in [0.29, 0.717) is 6.42 Å². The van der Waals surface area contributed by atoms with Crippen molar-refractivity contribution in [2.24, 2.45) is 5.41 Å². The fourth-order valence-electron chi connectivity index (χ4n) is 1.05. The molecule has 98 valence electrons. The van der Waals surface area contributed by atoms with E-state index in [0.717, 1.165) is 0 Å². The third-order valence-corrected chi connectivity index (χ3v) is 1.86. The van der Waals surface area contributed by atoms with Gasteiger partial charge in [-0.3, -0.25) is 14.4 Å². The second kappa shape index (κ2) is 6.88. The van der Waals surface area contributed by atoms with Crippen LogP contribution in [0.25, 0.3) is 0 Å². The van der Waals surface area contributed by atoms with Gasteiger partial charge in [0.1, 0.15) is 0 Å². The Morgan fingerprint density at radius 3 is 1.82 bits per heavy atom. The molecule has 0 saturated carbocycles. The summed E-state index contributed by atoms with van der Waals surface area (Å²) in [5, 5.41) is 7.26. The van der Waals surface area contributed by atoms with Gasteiger partial charge in [0.15, 0.2) is 0 Å². The maximum absolute atomic E-state index is 11.4. The highest BCUT2D eigenvalue weighted by Gasteiger charge is 2.16. The molecule has 0 bridgehead atoms. The quantitative estimate of drug-likeness (QED) is 0.602. The number of rotatable bonds is 5. The van der Waals surface area contributed by atoms with Gasteiger partial charge in [0.2, 0.25) is 17.7 Å². The van der Waals surface area contributed by atoms with Crippen LogP contribution in [0, 0.1) is 5.41 Å². The molecule has 0 unspecified atom stereocenters. The van der Waals surface area contributed by atoms with E-state index in [1.165, 1.54) is 7.05 Å². The molecule has 0 aromatic rings. The van der Waals surface area contributed by atoms with Crippen LogP contribution >= 0.6 is 0 Å². The lowest BCUT2D eigenvalue weighted by Gasteiger charge is -2.17. The topological polar surface area (TPSA) is 87.3 Å². The van der Waals surface area contributed by atoms with Crippen LogP contribution in [0.5, 0.6) is 0 Å². The molecule has 0 aromatic heterocycles. The highest BCUT2D eigenvalue weighted by molar-refractivity contribution is 5.88. The van der Waals surface area contributed by atoms with Crippen molar-refractivity contribution < 1.29 is 14.4 Å². The van der Waals surface area contributed by atoms with Crippen molar-refractivity contribution in [3.05, 3.63) is 0 Å². The summed E-state index contributed by atoms with van der Waals surface area (Å²) in [6.07, 6.45) is 0.357. The second-order valence-electron chi connectivity index (χ2n) is 4.96. The molecular formula is C11H21N3O3. The molecule has 6 nitrogen and oxygen atoms in total. The summed E-state index contributed by atoms with van der Waals surface area (Å²) in [4.78, 5) is 33.4. The van der Waals surface area contributed by atoms with Crippen molar-refractivity contribution in [3.8, 4) is 0 Å². The van der Waals surface area contributed by atoms with E-state index < -0.39 is 0 Å². The summed E-state index contributed by atoms with van der Waals surface area (Å²) in [6, 6.07) is 0. The van der Waals surface area contributed by atoms with Gasteiger partial charge in [-0.1, -0.05) is 20.8 Å². The number of hydrogen-bond acceptors (Lipinski definition) is 3. The molecule has 0 atom stereocenters. The van der Waals surface area contributed by atoms with Crippen molar-refractivity contribution in [2.45, 2.75) is 27.2 Å². The summed E-state index contributed by atoms with van der Waals surface area (Å²) >= 11 is 0. The van der Waals surface area contributed by atoms with E-state index in [2.05, 4.69) is 16.0 Å².